The lowest BCUT2D eigenvalue weighted by molar-refractivity contribution is -0.119. The average molecular weight is 482 g/mol. The number of allylic oxidation sites excluding steroid dienone is 2. The van der Waals surface area contributed by atoms with Crippen molar-refractivity contribution in [2.75, 3.05) is 4.90 Å². The van der Waals surface area contributed by atoms with Crippen LogP contribution in [0, 0.1) is 0 Å². The third-order valence-electron chi connectivity index (χ3n) is 5.77. The molecule has 2 heterocycles. The molecule has 0 N–H and O–H groups in total. The van der Waals surface area contributed by atoms with E-state index >= 15 is 0 Å². The van der Waals surface area contributed by atoms with E-state index in [4.69, 9.17) is 11.6 Å². The summed E-state index contributed by atoms with van der Waals surface area (Å²) in [6.45, 7) is 0. The number of aromatic nitrogens is 2. The van der Waals surface area contributed by atoms with Gasteiger partial charge >= 0.3 is 0 Å². The van der Waals surface area contributed by atoms with Crippen molar-refractivity contribution in [3.05, 3.63) is 82.0 Å². The normalized spacial score (nSPS) is 18.8. The van der Waals surface area contributed by atoms with Gasteiger partial charge in [-0.05, 0) is 30.0 Å². The van der Waals surface area contributed by atoms with Gasteiger partial charge in [-0.3, -0.25) is 14.5 Å². The zero-order valence-corrected chi connectivity index (χ0v) is 19.6. The fraction of sp³-hybridized carbons (Fsp3) is 0.250. The van der Waals surface area contributed by atoms with Crippen LogP contribution in [0.3, 0.4) is 0 Å². The fourth-order valence-corrected chi connectivity index (χ4v) is 6.46. The summed E-state index contributed by atoms with van der Waals surface area (Å²) in [5.41, 5.74) is 3.60. The Morgan fingerprint density at radius 1 is 1.03 bits per heavy atom. The maximum atomic E-state index is 13.3. The molecule has 2 aliphatic rings. The number of amides is 1. The van der Waals surface area contributed by atoms with Gasteiger partial charge in [0.05, 0.1) is 0 Å². The summed E-state index contributed by atoms with van der Waals surface area (Å²) in [5.74, 6) is 0.580. The summed E-state index contributed by atoms with van der Waals surface area (Å²) in [6.07, 6.45) is 2.23. The van der Waals surface area contributed by atoms with Crippen molar-refractivity contribution >= 4 is 51.5 Å². The van der Waals surface area contributed by atoms with Crippen molar-refractivity contribution in [3.8, 4) is 0 Å². The highest BCUT2D eigenvalue weighted by molar-refractivity contribution is 8.00. The second-order valence-electron chi connectivity index (χ2n) is 7.76. The van der Waals surface area contributed by atoms with Crippen LogP contribution in [0.5, 0.6) is 0 Å². The molecule has 1 aliphatic carbocycles. The SMILES string of the molecule is O=C1CCCC2=C1[C@@H](c1ccccc1)CC(=O)N2c1nnc(SCc2ccccc2Cl)s1. The largest absolute Gasteiger partial charge is 0.294 e. The molecule has 5 rings (SSSR count). The highest BCUT2D eigenvalue weighted by Gasteiger charge is 2.40. The summed E-state index contributed by atoms with van der Waals surface area (Å²) >= 11 is 9.17. The number of halogens is 1. The quantitative estimate of drug-likeness (QED) is 0.330. The number of thioether (sulfide) groups is 1. The molecule has 0 fully saturated rings. The summed E-state index contributed by atoms with van der Waals surface area (Å²) in [5, 5.41) is 9.86. The Balaban J connectivity index is 1.45. The molecule has 0 radical (unpaired) electrons. The first-order valence-corrected chi connectivity index (χ1v) is 12.6. The highest BCUT2D eigenvalue weighted by atomic mass is 35.5. The number of hydrogen-bond acceptors (Lipinski definition) is 6. The molecule has 162 valence electrons. The van der Waals surface area contributed by atoms with E-state index in [2.05, 4.69) is 10.2 Å². The van der Waals surface area contributed by atoms with E-state index in [1.54, 1.807) is 16.7 Å². The average Bonchev–Trinajstić information content (AvgIpc) is 3.27. The summed E-state index contributed by atoms with van der Waals surface area (Å²) in [4.78, 5) is 27.9. The summed E-state index contributed by atoms with van der Waals surface area (Å²) < 4.78 is 0.766. The van der Waals surface area contributed by atoms with E-state index in [-0.39, 0.29) is 24.0 Å². The Kier molecular flexibility index (Phi) is 6.13. The fourth-order valence-electron chi connectivity index (χ4n) is 4.29. The predicted octanol–water partition coefficient (Wildman–Crippen LogP) is 6.01. The van der Waals surface area contributed by atoms with Gasteiger partial charge in [-0.25, -0.2) is 0 Å². The van der Waals surface area contributed by atoms with Gasteiger partial charge in [-0.15, -0.1) is 10.2 Å². The second-order valence-corrected chi connectivity index (χ2v) is 10.3. The molecular formula is C24H20ClN3O2S2. The number of nitrogens with zero attached hydrogens (tertiary/aromatic N) is 3. The van der Waals surface area contributed by atoms with E-state index in [1.165, 1.54) is 11.3 Å². The third-order valence-corrected chi connectivity index (χ3v) is 8.23. The van der Waals surface area contributed by atoms with Gasteiger partial charge < -0.3 is 0 Å². The number of Topliss-reactive ketones (excluding diaryl/α,β-unsaturated/α-hetero) is 1. The molecule has 8 heteroatoms. The smallest absolute Gasteiger partial charge is 0.234 e. The number of rotatable bonds is 5. The van der Waals surface area contributed by atoms with Crippen molar-refractivity contribution in [1.29, 1.82) is 0 Å². The highest BCUT2D eigenvalue weighted by Crippen LogP contribution is 2.44. The predicted molar refractivity (Wildman–Crippen MR) is 128 cm³/mol. The van der Waals surface area contributed by atoms with Crippen LogP contribution in [-0.2, 0) is 15.3 Å². The van der Waals surface area contributed by atoms with Crippen LogP contribution in [0.4, 0.5) is 5.13 Å². The Labute approximate surface area is 199 Å². The minimum Gasteiger partial charge on any atom is -0.294 e. The van der Waals surface area contributed by atoms with Crippen LogP contribution in [0.15, 0.2) is 70.2 Å². The molecule has 0 unspecified atom stereocenters. The van der Waals surface area contributed by atoms with Gasteiger partial charge in [0.15, 0.2) is 10.1 Å². The van der Waals surface area contributed by atoms with Gasteiger partial charge in [0.2, 0.25) is 11.0 Å². The number of ketones is 1. The first-order chi connectivity index (χ1) is 15.6. The number of hydrogen-bond donors (Lipinski definition) is 0. The van der Waals surface area contributed by atoms with Crippen LogP contribution in [-0.4, -0.2) is 21.9 Å². The van der Waals surface area contributed by atoms with Crippen LogP contribution in [0.25, 0.3) is 0 Å². The Morgan fingerprint density at radius 3 is 2.62 bits per heavy atom. The molecular weight excluding hydrogens is 462 g/mol. The molecule has 32 heavy (non-hydrogen) atoms. The number of carbonyl (C=O) groups is 2. The van der Waals surface area contributed by atoms with Crippen molar-refractivity contribution < 1.29 is 9.59 Å². The zero-order valence-electron chi connectivity index (χ0n) is 17.2. The van der Waals surface area contributed by atoms with Gasteiger partial charge in [-0.1, -0.05) is 83.2 Å². The zero-order chi connectivity index (χ0) is 22.1. The molecule has 1 aromatic heterocycles. The number of benzene rings is 2. The molecule has 3 aromatic rings. The maximum absolute atomic E-state index is 13.3. The topological polar surface area (TPSA) is 63.2 Å². The summed E-state index contributed by atoms with van der Waals surface area (Å²) in [7, 11) is 0. The molecule has 1 amide bonds. The van der Waals surface area contributed by atoms with Crippen LogP contribution in [0.2, 0.25) is 5.02 Å². The van der Waals surface area contributed by atoms with E-state index in [1.807, 2.05) is 54.6 Å². The molecule has 1 atom stereocenters. The summed E-state index contributed by atoms with van der Waals surface area (Å²) in [6, 6.07) is 17.6. The number of anilines is 1. The molecule has 0 saturated carbocycles. The van der Waals surface area contributed by atoms with Gasteiger partial charge in [0.25, 0.3) is 0 Å². The van der Waals surface area contributed by atoms with E-state index < -0.39 is 0 Å². The Bertz CT molecular complexity index is 1210. The molecule has 0 saturated heterocycles. The van der Waals surface area contributed by atoms with E-state index in [0.717, 1.165) is 38.2 Å². The lowest BCUT2D eigenvalue weighted by Crippen LogP contribution is -2.40. The lowest BCUT2D eigenvalue weighted by atomic mass is 9.77. The van der Waals surface area contributed by atoms with Crippen molar-refractivity contribution in [3.63, 3.8) is 0 Å². The van der Waals surface area contributed by atoms with Gasteiger partial charge in [0.1, 0.15) is 0 Å². The number of carbonyl (C=O) groups excluding carboxylic acids is 2. The monoisotopic (exact) mass is 481 g/mol. The van der Waals surface area contributed by atoms with E-state index in [9.17, 15) is 9.59 Å². The molecule has 1 aliphatic heterocycles. The van der Waals surface area contributed by atoms with Gasteiger partial charge in [-0.2, -0.15) is 0 Å². The molecule has 2 aromatic carbocycles. The minimum atomic E-state index is -0.190. The Hall–Kier alpha value is -2.48. The first kappa shape index (κ1) is 21.4. The second kappa shape index (κ2) is 9.17. The van der Waals surface area contributed by atoms with Crippen LogP contribution < -0.4 is 4.90 Å². The standard InChI is InChI=1S/C24H20ClN3O2S2/c25-18-10-5-4-9-16(18)14-31-24-27-26-23(32-24)28-19-11-6-12-20(29)22(19)17(13-21(28)30)15-7-2-1-3-8-15/h1-5,7-10,17H,6,11-14H2/t17-/m1/s1. The van der Waals surface area contributed by atoms with Crippen LogP contribution >= 0.6 is 34.7 Å². The third kappa shape index (κ3) is 4.12. The van der Waals surface area contributed by atoms with Crippen molar-refractivity contribution in [1.82, 2.24) is 10.2 Å². The van der Waals surface area contributed by atoms with Crippen molar-refractivity contribution in [2.45, 2.75) is 41.7 Å². The van der Waals surface area contributed by atoms with Crippen molar-refractivity contribution in [2.24, 2.45) is 0 Å². The van der Waals surface area contributed by atoms with E-state index in [0.29, 0.717) is 23.7 Å². The Morgan fingerprint density at radius 2 is 1.81 bits per heavy atom. The molecule has 0 bridgehead atoms. The first-order valence-electron chi connectivity index (χ1n) is 10.5. The maximum Gasteiger partial charge on any atom is 0.234 e. The molecule has 0 spiro atoms. The minimum absolute atomic E-state index is 0.0360. The van der Waals surface area contributed by atoms with Crippen LogP contribution in [0.1, 0.15) is 42.7 Å². The van der Waals surface area contributed by atoms with Gasteiger partial charge in [0, 0.05) is 40.8 Å². The lowest BCUT2D eigenvalue weighted by Gasteiger charge is -2.36. The molecule has 5 nitrogen and oxygen atoms in total.